The van der Waals surface area contributed by atoms with Gasteiger partial charge in [0.15, 0.2) is 5.82 Å². The summed E-state index contributed by atoms with van der Waals surface area (Å²) in [7, 11) is 0. The predicted molar refractivity (Wildman–Crippen MR) is 82.4 cm³/mol. The Bertz CT molecular complexity index is 634. The molecule has 1 aromatic heterocycles. The summed E-state index contributed by atoms with van der Waals surface area (Å²) in [6.45, 7) is 8.00. The SMILES string of the molecule is CC1CCCCC12NC(=O)N(Cc1noc(C(C)(C)C)n1)C2=O. The van der Waals surface area contributed by atoms with Crippen LogP contribution in [0.15, 0.2) is 4.52 Å². The Labute approximate surface area is 135 Å². The lowest BCUT2D eigenvalue weighted by atomic mass is 9.73. The Hall–Kier alpha value is -1.92. The van der Waals surface area contributed by atoms with Gasteiger partial charge in [0.25, 0.3) is 5.91 Å². The van der Waals surface area contributed by atoms with Crippen LogP contribution in [-0.4, -0.2) is 32.5 Å². The third-order valence-electron chi connectivity index (χ3n) is 4.91. The number of hydrogen-bond acceptors (Lipinski definition) is 5. The Balaban J connectivity index is 1.80. The molecule has 3 rings (SSSR count). The Morgan fingerprint density at radius 2 is 2.09 bits per heavy atom. The van der Waals surface area contributed by atoms with Gasteiger partial charge in [-0.15, -0.1) is 0 Å². The molecule has 3 amide bonds. The molecule has 2 atom stereocenters. The van der Waals surface area contributed by atoms with Crippen LogP contribution < -0.4 is 5.32 Å². The average molecular weight is 320 g/mol. The summed E-state index contributed by atoms with van der Waals surface area (Å²) in [5.41, 5.74) is -1.01. The van der Waals surface area contributed by atoms with E-state index in [2.05, 4.69) is 15.5 Å². The quantitative estimate of drug-likeness (QED) is 0.845. The van der Waals surface area contributed by atoms with Crippen molar-refractivity contribution in [3.63, 3.8) is 0 Å². The predicted octanol–water partition coefficient (Wildman–Crippen LogP) is 2.37. The van der Waals surface area contributed by atoms with E-state index in [1.165, 1.54) is 4.90 Å². The van der Waals surface area contributed by atoms with Gasteiger partial charge < -0.3 is 9.84 Å². The van der Waals surface area contributed by atoms with E-state index in [4.69, 9.17) is 4.52 Å². The van der Waals surface area contributed by atoms with Crippen molar-refractivity contribution < 1.29 is 14.1 Å². The molecular formula is C16H24N4O3. The normalized spacial score (nSPS) is 28.5. The van der Waals surface area contributed by atoms with Gasteiger partial charge in [-0.25, -0.2) is 4.79 Å². The Morgan fingerprint density at radius 3 is 2.70 bits per heavy atom. The maximum absolute atomic E-state index is 12.9. The highest BCUT2D eigenvalue weighted by Crippen LogP contribution is 2.38. The third-order valence-corrected chi connectivity index (χ3v) is 4.91. The zero-order chi connectivity index (χ0) is 16.8. The maximum Gasteiger partial charge on any atom is 0.325 e. The van der Waals surface area contributed by atoms with E-state index in [0.717, 1.165) is 19.3 Å². The first-order chi connectivity index (χ1) is 10.7. The number of hydrogen-bond donors (Lipinski definition) is 1. The van der Waals surface area contributed by atoms with E-state index < -0.39 is 5.54 Å². The van der Waals surface area contributed by atoms with Crippen LogP contribution in [0.3, 0.4) is 0 Å². The second kappa shape index (κ2) is 5.32. The Kier molecular flexibility index (Phi) is 3.69. The molecule has 2 fully saturated rings. The van der Waals surface area contributed by atoms with Crippen molar-refractivity contribution in [2.75, 3.05) is 0 Å². The third kappa shape index (κ3) is 2.62. The number of aromatic nitrogens is 2. The molecule has 1 aliphatic carbocycles. The zero-order valence-corrected chi connectivity index (χ0v) is 14.2. The van der Waals surface area contributed by atoms with Crippen LogP contribution in [0.25, 0.3) is 0 Å². The fourth-order valence-corrected chi connectivity index (χ4v) is 3.40. The molecule has 0 radical (unpaired) electrons. The van der Waals surface area contributed by atoms with E-state index in [9.17, 15) is 9.59 Å². The number of rotatable bonds is 2. The lowest BCUT2D eigenvalue weighted by Gasteiger charge is -2.36. The van der Waals surface area contributed by atoms with Crippen LogP contribution in [0.2, 0.25) is 0 Å². The number of amides is 3. The molecule has 1 spiro atoms. The lowest BCUT2D eigenvalue weighted by Crippen LogP contribution is -2.53. The first-order valence-electron chi connectivity index (χ1n) is 8.21. The van der Waals surface area contributed by atoms with Gasteiger partial charge in [-0.2, -0.15) is 4.98 Å². The van der Waals surface area contributed by atoms with Gasteiger partial charge in [-0.05, 0) is 18.8 Å². The molecule has 1 saturated carbocycles. The van der Waals surface area contributed by atoms with Crippen molar-refractivity contribution in [1.82, 2.24) is 20.4 Å². The van der Waals surface area contributed by atoms with Crippen LogP contribution in [0.4, 0.5) is 4.79 Å². The zero-order valence-electron chi connectivity index (χ0n) is 14.2. The number of nitrogens with one attached hydrogen (secondary N) is 1. The standard InChI is InChI=1S/C16H24N4O3/c1-10-7-5-6-8-16(10)13(21)20(14(22)18-16)9-11-17-12(23-19-11)15(2,3)4/h10H,5-9H2,1-4H3,(H,18,22). The van der Waals surface area contributed by atoms with Crippen LogP contribution >= 0.6 is 0 Å². The van der Waals surface area contributed by atoms with E-state index in [-0.39, 0.29) is 29.8 Å². The molecule has 1 aromatic rings. The van der Waals surface area contributed by atoms with Crippen LogP contribution in [0.5, 0.6) is 0 Å². The highest BCUT2D eigenvalue weighted by molar-refractivity contribution is 6.07. The molecule has 23 heavy (non-hydrogen) atoms. The lowest BCUT2D eigenvalue weighted by molar-refractivity contribution is -0.134. The van der Waals surface area contributed by atoms with Gasteiger partial charge >= 0.3 is 6.03 Å². The fraction of sp³-hybridized carbons (Fsp3) is 0.750. The number of carbonyl (C=O) groups excluding carboxylic acids is 2. The molecule has 1 saturated heterocycles. The first-order valence-corrected chi connectivity index (χ1v) is 8.21. The van der Waals surface area contributed by atoms with Gasteiger partial charge in [0.2, 0.25) is 5.89 Å². The number of imide groups is 1. The second-order valence-corrected chi connectivity index (χ2v) is 7.71. The molecule has 7 nitrogen and oxygen atoms in total. The fourth-order valence-electron chi connectivity index (χ4n) is 3.40. The van der Waals surface area contributed by atoms with Crippen LogP contribution in [0.1, 0.15) is 65.1 Å². The van der Waals surface area contributed by atoms with Crippen molar-refractivity contribution in [3.8, 4) is 0 Å². The summed E-state index contributed by atoms with van der Waals surface area (Å²) in [5, 5.41) is 6.84. The molecule has 0 bridgehead atoms. The van der Waals surface area contributed by atoms with Crippen molar-refractivity contribution in [3.05, 3.63) is 11.7 Å². The minimum absolute atomic E-state index is 0.0543. The minimum Gasteiger partial charge on any atom is -0.339 e. The molecule has 2 aliphatic rings. The molecule has 2 heterocycles. The second-order valence-electron chi connectivity index (χ2n) is 7.71. The van der Waals surface area contributed by atoms with Crippen molar-refractivity contribution >= 4 is 11.9 Å². The van der Waals surface area contributed by atoms with Crippen molar-refractivity contribution in [1.29, 1.82) is 0 Å². The topological polar surface area (TPSA) is 88.3 Å². The van der Waals surface area contributed by atoms with E-state index in [1.807, 2.05) is 27.7 Å². The van der Waals surface area contributed by atoms with Gasteiger partial charge in [-0.3, -0.25) is 9.69 Å². The van der Waals surface area contributed by atoms with E-state index in [0.29, 0.717) is 18.1 Å². The minimum atomic E-state index is -0.744. The van der Waals surface area contributed by atoms with Crippen molar-refractivity contribution in [2.45, 2.75) is 70.9 Å². The largest absolute Gasteiger partial charge is 0.339 e. The average Bonchev–Trinajstić information content (AvgIpc) is 3.02. The maximum atomic E-state index is 12.9. The molecule has 1 aliphatic heterocycles. The number of carbonyl (C=O) groups is 2. The summed E-state index contributed by atoms with van der Waals surface area (Å²) >= 11 is 0. The van der Waals surface area contributed by atoms with Crippen LogP contribution in [-0.2, 0) is 16.8 Å². The molecular weight excluding hydrogens is 296 g/mol. The Morgan fingerprint density at radius 1 is 1.35 bits per heavy atom. The molecule has 1 N–H and O–H groups in total. The molecule has 126 valence electrons. The monoisotopic (exact) mass is 320 g/mol. The number of urea groups is 1. The summed E-state index contributed by atoms with van der Waals surface area (Å²) in [5.74, 6) is 0.851. The van der Waals surface area contributed by atoms with Gasteiger partial charge in [0.05, 0.1) is 6.54 Å². The summed E-state index contributed by atoms with van der Waals surface area (Å²) < 4.78 is 5.24. The van der Waals surface area contributed by atoms with E-state index in [1.54, 1.807) is 0 Å². The summed E-state index contributed by atoms with van der Waals surface area (Å²) in [6, 6.07) is -0.356. The molecule has 7 heteroatoms. The van der Waals surface area contributed by atoms with Crippen molar-refractivity contribution in [2.24, 2.45) is 5.92 Å². The van der Waals surface area contributed by atoms with Gasteiger partial charge in [-0.1, -0.05) is 45.7 Å². The van der Waals surface area contributed by atoms with Gasteiger partial charge in [0, 0.05) is 5.41 Å². The number of nitrogens with zero attached hydrogens (tertiary/aromatic N) is 3. The highest BCUT2D eigenvalue weighted by atomic mass is 16.5. The summed E-state index contributed by atoms with van der Waals surface area (Å²) in [4.78, 5) is 30.7. The molecule has 2 unspecified atom stereocenters. The smallest absolute Gasteiger partial charge is 0.325 e. The first kappa shape index (κ1) is 16.0. The molecule has 0 aromatic carbocycles. The van der Waals surface area contributed by atoms with Gasteiger partial charge in [0.1, 0.15) is 5.54 Å². The summed E-state index contributed by atoms with van der Waals surface area (Å²) in [6.07, 6.45) is 3.72. The van der Waals surface area contributed by atoms with Crippen LogP contribution in [0, 0.1) is 5.92 Å². The van der Waals surface area contributed by atoms with E-state index >= 15 is 0 Å². The highest BCUT2D eigenvalue weighted by Gasteiger charge is 2.55.